The van der Waals surface area contributed by atoms with Crippen molar-refractivity contribution in [2.75, 3.05) is 26.2 Å². The summed E-state index contributed by atoms with van der Waals surface area (Å²) in [7, 11) is 0. The molecule has 0 saturated carbocycles. The van der Waals surface area contributed by atoms with E-state index in [9.17, 15) is 9.90 Å². The minimum Gasteiger partial charge on any atom is -0.478 e. The second-order valence-electron chi connectivity index (χ2n) is 6.43. The molecule has 0 amide bonds. The quantitative estimate of drug-likeness (QED) is 0.857. The van der Waals surface area contributed by atoms with E-state index in [0.717, 1.165) is 36.0 Å². The molecule has 0 aliphatic carbocycles. The average Bonchev–Trinajstić information content (AvgIpc) is 3.13. The van der Waals surface area contributed by atoms with Crippen LogP contribution in [-0.4, -0.2) is 46.7 Å². The number of fused-ring (bicyclic) bond motifs is 1. The third-order valence-electron chi connectivity index (χ3n) is 4.76. The van der Waals surface area contributed by atoms with E-state index in [0.29, 0.717) is 12.1 Å². The van der Waals surface area contributed by atoms with Crippen LogP contribution in [0, 0.1) is 6.92 Å². The lowest BCUT2D eigenvalue weighted by Gasteiger charge is -2.13. The molecule has 0 atom stereocenters. The van der Waals surface area contributed by atoms with Gasteiger partial charge in [-0.3, -0.25) is 0 Å². The number of carboxylic acids is 1. The normalized spacial score (nSPS) is 15.6. The number of rotatable bonds is 6. The Kier molecular flexibility index (Phi) is 4.68. The number of aromatic carboxylic acids is 1. The number of aromatic nitrogens is 1. The monoisotopic (exact) mass is 315 g/mol. The standard InChI is InChI=1S/C18H25N3O2/c1-13-10-15(18(22)23)11-16-14(4-8-20-6-2-3-7-20)12-21(9-5-19)17(13)16/h10-12H,2-9,19H2,1H3,(H,22,23). The van der Waals surface area contributed by atoms with Gasteiger partial charge in [0.1, 0.15) is 0 Å². The molecule has 5 nitrogen and oxygen atoms in total. The van der Waals surface area contributed by atoms with Gasteiger partial charge in [-0.25, -0.2) is 4.79 Å². The Morgan fingerprint density at radius 3 is 2.65 bits per heavy atom. The van der Waals surface area contributed by atoms with E-state index < -0.39 is 5.97 Å². The second kappa shape index (κ2) is 6.72. The van der Waals surface area contributed by atoms with Crippen molar-refractivity contribution in [3.63, 3.8) is 0 Å². The van der Waals surface area contributed by atoms with Crippen LogP contribution in [-0.2, 0) is 13.0 Å². The minimum absolute atomic E-state index is 0.364. The van der Waals surface area contributed by atoms with Gasteiger partial charge in [0, 0.05) is 31.2 Å². The molecular formula is C18H25N3O2. The SMILES string of the molecule is Cc1cc(C(=O)O)cc2c(CCN3CCCC3)cn(CCN)c12. The Morgan fingerprint density at radius 2 is 2.00 bits per heavy atom. The fourth-order valence-electron chi connectivity index (χ4n) is 3.65. The molecule has 3 rings (SSSR count). The zero-order valence-electron chi connectivity index (χ0n) is 13.7. The summed E-state index contributed by atoms with van der Waals surface area (Å²) in [4.78, 5) is 13.9. The molecule has 0 bridgehead atoms. The molecule has 1 saturated heterocycles. The van der Waals surface area contributed by atoms with E-state index in [4.69, 9.17) is 5.73 Å². The van der Waals surface area contributed by atoms with Crippen LogP contribution < -0.4 is 5.73 Å². The number of aryl methyl sites for hydroxylation is 1. The minimum atomic E-state index is -0.868. The third kappa shape index (κ3) is 3.26. The summed E-state index contributed by atoms with van der Waals surface area (Å²) in [6, 6.07) is 3.57. The van der Waals surface area contributed by atoms with Crippen LogP contribution >= 0.6 is 0 Å². The first-order chi connectivity index (χ1) is 11.1. The van der Waals surface area contributed by atoms with Crippen LogP contribution in [0.1, 0.15) is 34.3 Å². The van der Waals surface area contributed by atoms with Gasteiger partial charge in [-0.15, -0.1) is 0 Å². The Morgan fingerprint density at radius 1 is 1.26 bits per heavy atom. The van der Waals surface area contributed by atoms with Crippen LogP contribution in [0.3, 0.4) is 0 Å². The Hall–Kier alpha value is -1.85. The summed E-state index contributed by atoms with van der Waals surface area (Å²) in [6.07, 6.45) is 5.69. The van der Waals surface area contributed by atoms with E-state index in [1.165, 1.54) is 31.5 Å². The summed E-state index contributed by atoms with van der Waals surface area (Å²) in [6.45, 7) is 6.72. The molecule has 0 spiro atoms. The van der Waals surface area contributed by atoms with Gasteiger partial charge in [-0.05, 0) is 62.5 Å². The molecule has 1 aromatic carbocycles. The number of hydrogen-bond acceptors (Lipinski definition) is 3. The maximum absolute atomic E-state index is 11.4. The van der Waals surface area contributed by atoms with Gasteiger partial charge >= 0.3 is 5.97 Å². The highest BCUT2D eigenvalue weighted by Crippen LogP contribution is 2.27. The zero-order chi connectivity index (χ0) is 16.4. The number of carboxylic acid groups (broad SMARTS) is 1. The van der Waals surface area contributed by atoms with Gasteiger partial charge in [0.15, 0.2) is 0 Å². The molecule has 124 valence electrons. The molecule has 1 fully saturated rings. The van der Waals surface area contributed by atoms with E-state index >= 15 is 0 Å². The van der Waals surface area contributed by atoms with Gasteiger partial charge < -0.3 is 20.3 Å². The second-order valence-corrected chi connectivity index (χ2v) is 6.43. The summed E-state index contributed by atoms with van der Waals surface area (Å²) < 4.78 is 2.18. The lowest BCUT2D eigenvalue weighted by Crippen LogP contribution is -2.21. The Labute approximate surface area is 136 Å². The van der Waals surface area contributed by atoms with Crippen molar-refractivity contribution in [1.29, 1.82) is 0 Å². The van der Waals surface area contributed by atoms with E-state index in [-0.39, 0.29) is 0 Å². The van der Waals surface area contributed by atoms with Crippen LogP contribution in [0.5, 0.6) is 0 Å². The summed E-state index contributed by atoms with van der Waals surface area (Å²) in [5.41, 5.74) is 9.45. The first-order valence-corrected chi connectivity index (χ1v) is 8.38. The molecule has 2 aromatic rings. The number of benzene rings is 1. The van der Waals surface area contributed by atoms with Crippen LogP contribution in [0.2, 0.25) is 0 Å². The van der Waals surface area contributed by atoms with Crippen molar-refractivity contribution in [2.24, 2.45) is 5.73 Å². The maximum Gasteiger partial charge on any atom is 0.335 e. The number of nitrogens with zero attached hydrogens (tertiary/aromatic N) is 2. The Bertz CT molecular complexity index is 715. The van der Waals surface area contributed by atoms with Crippen molar-refractivity contribution < 1.29 is 9.90 Å². The van der Waals surface area contributed by atoms with E-state index in [2.05, 4.69) is 15.7 Å². The summed E-state index contributed by atoms with van der Waals surface area (Å²) in [5.74, 6) is -0.868. The first kappa shape index (κ1) is 16.0. The smallest absolute Gasteiger partial charge is 0.335 e. The van der Waals surface area contributed by atoms with Crippen molar-refractivity contribution in [1.82, 2.24) is 9.47 Å². The molecule has 2 heterocycles. The third-order valence-corrected chi connectivity index (χ3v) is 4.76. The largest absolute Gasteiger partial charge is 0.478 e. The zero-order valence-corrected chi connectivity index (χ0v) is 13.7. The number of nitrogens with two attached hydrogens (primary N) is 1. The van der Waals surface area contributed by atoms with E-state index in [1.54, 1.807) is 6.07 Å². The molecule has 0 radical (unpaired) electrons. The van der Waals surface area contributed by atoms with Crippen LogP contribution in [0.25, 0.3) is 10.9 Å². The maximum atomic E-state index is 11.4. The highest BCUT2D eigenvalue weighted by Gasteiger charge is 2.16. The van der Waals surface area contributed by atoms with Gasteiger partial charge in [0.2, 0.25) is 0 Å². The number of likely N-dealkylation sites (tertiary alicyclic amines) is 1. The topological polar surface area (TPSA) is 71.5 Å². The fraction of sp³-hybridized carbons (Fsp3) is 0.500. The predicted octanol–water partition coefficient (Wildman–Crippen LogP) is 2.24. The van der Waals surface area contributed by atoms with Gasteiger partial charge in [0.25, 0.3) is 0 Å². The summed E-state index contributed by atoms with van der Waals surface area (Å²) >= 11 is 0. The molecule has 23 heavy (non-hydrogen) atoms. The lowest BCUT2D eigenvalue weighted by molar-refractivity contribution is 0.0697. The molecule has 3 N–H and O–H groups in total. The molecule has 1 aromatic heterocycles. The van der Waals surface area contributed by atoms with Crippen LogP contribution in [0.4, 0.5) is 0 Å². The molecule has 1 aliphatic heterocycles. The van der Waals surface area contributed by atoms with Crippen molar-refractivity contribution in [3.05, 3.63) is 35.0 Å². The van der Waals surface area contributed by atoms with Gasteiger partial charge in [-0.2, -0.15) is 0 Å². The lowest BCUT2D eigenvalue weighted by atomic mass is 10.0. The summed E-state index contributed by atoms with van der Waals surface area (Å²) in [5, 5.41) is 10.4. The van der Waals surface area contributed by atoms with Gasteiger partial charge in [0.05, 0.1) is 11.1 Å². The molecular weight excluding hydrogens is 290 g/mol. The number of carbonyl (C=O) groups is 1. The molecule has 5 heteroatoms. The highest BCUT2D eigenvalue weighted by molar-refractivity contribution is 5.96. The molecule has 1 aliphatic rings. The fourth-order valence-corrected chi connectivity index (χ4v) is 3.65. The average molecular weight is 315 g/mol. The van der Waals surface area contributed by atoms with Crippen LogP contribution in [0.15, 0.2) is 18.3 Å². The van der Waals surface area contributed by atoms with Gasteiger partial charge in [-0.1, -0.05) is 0 Å². The van der Waals surface area contributed by atoms with E-state index in [1.807, 2.05) is 13.0 Å². The van der Waals surface area contributed by atoms with Crippen molar-refractivity contribution in [2.45, 2.75) is 32.7 Å². The first-order valence-electron chi connectivity index (χ1n) is 8.38. The van der Waals surface area contributed by atoms with Crippen molar-refractivity contribution >= 4 is 16.9 Å². The molecule has 0 unspecified atom stereocenters. The number of hydrogen-bond donors (Lipinski definition) is 2. The Balaban J connectivity index is 1.98. The highest BCUT2D eigenvalue weighted by atomic mass is 16.4. The predicted molar refractivity (Wildman–Crippen MR) is 92.1 cm³/mol. The van der Waals surface area contributed by atoms with Crippen molar-refractivity contribution in [3.8, 4) is 0 Å².